The molecule has 0 saturated heterocycles. The normalized spacial score (nSPS) is 11.8. The minimum atomic E-state index is -0.604. The first-order chi connectivity index (χ1) is 18.3. The van der Waals surface area contributed by atoms with Crippen LogP contribution in [-0.2, 0) is 12.8 Å². The first-order valence-corrected chi connectivity index (χ1v) is 12.8. The second-order valence-electron chi connectivity index (χ2n) is 9.83. The van der Waals surface area contributed by atoms with E-state index in [1.54, 1.807) is 24.3 Å². The van der Waals surface area contributed by atoms with Crippen LogP contribution in [0, 0.1) is 13.8 Å². The lowest BCUT2D eigenvalue weighted by Gasteiger charge is -2.16. The number of hydrogen-bond donors (Lipinski definition) is 0. The largest absolute Gasteiger partial charge is 0.304 e. The van der Waals surface area contributed by atoms with Crippen LogP contribution in [-0.4, -0.2) is 9.13 Å². The molecule has 0 saturated carbocycles. The summed E-state index contributed by atoms with van der Waals surface area (Å²) >= 11 is 0. The number of para-hydroxylation sites is 2. The Morgan fingerprint density at radius 3 is 1.26 bits per heavy atom. The van der Waals surface area contributed by atoms with Crippen molar-refractivity contribution in [3.8, 4) is 11.4 Å². The quantitative estimate of drug-likeness (QED) is 0.325. The van der Waals surface area contributed by atoms with E-state index >= 15 is 0 Å². The Hall–Kier alpha value is -4.58. The van der Waals surface area contributed by atoms with Gasteiger partial charge in [0, 0.05) is 10.8 Å². The first-order valence-electron chi connectivity index (χ1n) is 12.8. The summed E-state index contributed by atoms with van der Waals surface area (Å²) < 4.78 is 3.05. The number of hydrogen-bond acceptors (Lipinski definition) is 4. The number of aryl methyl sites for hydroxylation is 4. The Morgan fingerprint density at radius 2 is 0.895 bits per heavy atom. The van der Waals surface area contributed by atoms with E-state index in [0.717, 1.165) is 22.3 Å². The zero-order valence-corrected chi connectivity index (χ0v) is 21.7. The third kappa shape index (κ3) is 3.06. The lowest BCUT2D eigenvalue weighted by atomic mass is 10.0. The molecule has 0 aliphatic carbocycles. The molecule has 4 aromatic carbocycles. The number of rotatable bonds is 4. The number of benzene rings is 4. The molecule has 6 nitrogen and oxygen atoms in total. The van der Waals surface area contributed by atoms with E-state index in [0.29, 0.717) is 56.8 Å². The minimum absolute atomic E-state index is 0.320. The van der Waals surface area contributed by atoms with Crippen molar-refractivity contribution in [2.75, 3.05) is 0 Å². The highest BCUT2D eigenvalue weighted by Crippen LogP contribution is 2.33. The van der Waals surface area contributed by atoms with Gasteiger partial charge in [-0.15, -0.1) is 0 Å². The number of aromatic nitrogens is 2. The summed E-state index contributed by atoms with van der Waals surface area (Å²) in [5.74, 6) is 0. The molecule has 0 aliphatic heterocycles. The molecule has 2 heterocycles. The van der Waals surface area contributed by atoms with Gasteiger partial charge in [0.25, 0.3) is 10.9 Å². The van der Waals surface area contributed by atoms with Gasteiger partial charge >= 0.3 is 11.1 Å². The van der Waals surface area contributed by atoms with Gasteiger partial charge < -0.3 is 0 Å². The topological polar surface area (TPSA) is 78.1 Å². The fourth-order valence-corrected chi connectivity index (χ4v) is 5.94. The van der Waals surface area contributed by atoms with Gasteiger partial charge in [-0.25, -0.2) is 0 Å². The van der Waals surface area contributed by atoms with Crippen LogP contribution in [0.2, 0.25) is 0 Å². The highest BCUT2D eigenvalue weighted by molar-refractivity contribution is 6.16. The van der Waals surface area contributed by atoms with Crippen molar-refractivity contribution < 1.29 is 0 Å². The summed E-state index contributed by atoms with van der Waals surface area (Å²) in [7, 11) is 0. The monoisotopic (exact) mass is 502 g/mol. The predicted octanol–water partition coefficient (Wildman–Crippen LogP) is 4.79. The van der Waals surface area contributed by atoms with Gasteiger partial charge in [-0.2, -0.15) is 0 Å². The first kappa shape index (κ1) is 23.8. The third-order valence-corrected chi connectivity index (χ3v) is 7.73. The Bertz CT molecular complexity index is 2000. The van der Waals surface area contributed by atoms with Crippen molar-refractivity contribution in [1.29, 1.82) is 0 Å². The second kappa shape index (κ2) is 8.48. The van der Waals surface area contributed by atoms with Crippen molar-refractivity contribution >= 4 is 32.6 Å². The van der Waals surface area contributed by atoms with Crippen molar-refractivity contribution in [1.82, 2.24) is 9.13 Å². The van der Waals surface area contributed by atoms with Crippen LogP contribution in [0.4, 0.5) is 0 Å². The van der Waals surface area contributed by atoms with E-state index in [-0.39, 0.29) is 0 Å². The molecule has 38 heavy (non-hydrogen) atoms. The molecule has 6 rings (SSSR count). The molecule has 0 fully saturated rings. The highest BCUT2D eigenvalue weighted by atomic mass is 16.2. The van der Waals surface area contributed by atoms with E-state index < -0.39 is 22.0 Å². The van der Waals surface area contributed by atoms with Gasteiger partial charge in [0.05, 0.1) is 33.2 Å². The fraction of sp³-hybridized carbons (Fsp3) is 0.188. The lowest BCUT2D eigenvalue weighted by molar-refractivity contribution is 0.991. The minimum Gasteiger partial charge on any atom is -0.283 e. The zero-order valence-electron chi connectivity index (χ0n) is 21.7. The maximum atomic E-state index is 13.4. The van der Waals surface area contributed by atoms with Crippen molar-refractivity contribution in [2.24, 2.45) is 0 Å². The molecule has 0 N–H and O–H groups in total. The van der Waals surface area contributed by atoms with Gasteiger partial charge in [-0.05, 0) is 61.1 Å². The number of nitrogens with zero attached hydrogens (tertiary/aromatic N) is 2. The Balaban J connectivity index is 1.87. The highest BCUT2D eigenvalue weighted by Gasteiger charge is 2.24. The van der Waals surface area contributed by atoms with Crippen LogP contribution >= 0.6 is 0 Å². The standard InChI is InChI=1S/C32H26N2O4/c1-5-19-11-7-9-17(3)25(19)33-27-21-13-16-24-28(22(21)14-15-23(27)29(35)31(33)37)34(32(38)30(24)36)26-18(4)10-8-12-20(26)6-2/h7-16H,5-6H2,1-4H3. The Labute approximate surface area is 217 Å². The van der Waals surface area contributed by atoms with E-state index in [9.17, 15) is 19.2 Å². The van der Waals surface area contributed by atoms with Gasteiger partial charge in [-0.3, -0.25) is 28.3 Å². The summed E-state index contributed by atoms with van der Waals surface area (Å²) in [5, 5.41) is 1.93. The van der Waals surface area contributed by atoms with E-state index in [4.69, 9.17) is 0 Å². The van der Waals surface area contributed by atoms with Gasteiger partial charge in [0.2, 0.25) is 0 Å². The van der Waals surface area contributed by atoms with Crippen molar-refractivity contribution in [2.45, 2.75) is 40.5 Å². The lowest BCUT2D eigenvalue weighted by Crippen LogP contribution is -2.26. The molecule has 0 radical (unpaired) electrons. The van der Waals surface area contributed by atoms with Crippen LogP contribution in [0.3, 0.4) is 0 Å². The molecule has 188 valence electrons. The molecular formula is C32H26N2O4. The van der Waals surface area contributed by atoms with E-state index in [1.807, 2.05) is 64.1 Å². The fourth-order valence-electron chi connectivity index (χ4n) is 5.94. The maximum absolute atomic E-state index is 13.4. The van der Waals surface area contributed by atoms with Gasteiger partial charge in [-0.1, -0.05) is 62.4 Å². The summed E-state index contributed by atoms with van der Waals surface area (Å²) in [6, 6.07) is 18.5. The summed E-state index contributed by atoms with van der Waals surface area (Å²) in [4.78, 5) is 53.2. The Morgan fingerprint density at radius 1 is 0.526 bits per heavy atom. The molecule has 2 aromatic heterocycles. The van der Waals surface area contributed by atoms with Crippen LogP contribution in [0.15, 0.2) is 79.8 Å². The summed E-state index contributed by atoms with van der Waals surface area (Å²) in [6.45, 7) is 7.88. The maximum Gasteiger partial charge on any atom is 0.304 e. The molecule has 0 unspecified atom stereocenters. The van der Waals surface area contributed by atoms with Crippen LogP contribution in [0.25, 0.3) is 44.0 Å². The Kier molecular flexibility index (Phi) is 5.31. The molecule has 6 aromatic rings. The smallest absolute Gasteiger partial charge is 0.283 e. The van der Waals surface area contributed by atoms with Crippen molar-refractivity contribution in [3.63, 3.8) is 0 Å². The molecule has 0 bridgehead atoms. The number of fused-ring (bicyclic) bond motifs is 5. The molecule has 0 spiro atoms. The summed E-state index contributed by atoms with van der Waals surface area (Å²) in [5.41, 5.74) is 3.75. The molecule has 0 aliphatic rings. The second-order valence-corrected chi connectivity index (χ2v) is 9.83. The van der Waals surface area contributed by atoms with Crippen molar-refractivity contribution in [3.05, 3.63) is 124 Å². The molecule has 0 amide bonds. The molecular weight excluding hydrogens is 476 g/mol. The predicted molar refractivity (Wildman–Crippen MR) is 153 cm³/mol. The third-order valence-electron chi connectivity index (χ3n) is 7.73. The van der Waals surface area contributed by atoms with E-state index in [2.05, 4.69) is 0 Å². The van der Waals surface area contributed by atoms with Gasteiger partial charge in [0.15, 0.2) is 0 Å². The van der Waals surface area contributed by atoms with Crippen LogP contribution in [0.5, 0.6) is 0 Å². The van der Waals surface area contributed by atoms with Crippen LogP contribution in [0.1, 0.15) is 36.1 Å². The van der Waals surface area contributed by atoms with Gasteiger partial charge in [0.1, 0.15) is 0 Å². The average Bonchev–Trinajstić information content (AvgIpc) is 3.33. The van der Waals surface area contributed by atoms with Crippen LogP contribution < -0.4 is 22.0 Å². The zero-order chi connectivity index (χ0) is 26.9. The SMILES string of the molecule is CCc1cccc(C)c1-n1c(=O)c(=O)c2ccc3c(ccc4c(=O)c(=O)n(-c5c(C)cccc5CC)c43)c21. The molecule has 6 heteroatoms. The average molecular weight is 503 g/mol. The molecule has 0 atom stereocenters. The summed E-state index contributed by atoms with van der Waals surface area (Å²) in [6.07, 6.45) is 1.38. The van der Waals surface area contributed by atoms with E-state index in [1.165, 1.54) is 9.13 Å².